The second-order valence-corrected chi connectivity index (χ2v) is 5.89. The molecule has 1 aliphatic rings. The van der Waals surface area contributed by atoms with E-state index in [1.807, 2.05) is 42.5 Å². The van der Waals surface area contributed by atoms with Gasteiger partial charge in [-0.3, -0.25) is 9.59 Å². The van der Waals surface area contributed by atoms with Crippen molar-refractivity contribution >= 4 is 45.2 Å². The minimum atomic E-state index is -0.533. The van der Waals surface area contributed by atoms with Crippen molar-refractivity contribution < 1.29 is 9.59 Å². The summed E-state index contributed by atoms with van der Waals surface area (Å²) in [5, 5.41) is 4.49. The summed E-state index contributed by atoms with van der Waals surface area (Å²) < 4.78 is 0. The zero-order valence-corrected chi connectivity index (χ0v) is 11.9. The van der Waals surface area contributed by atoms with Crippen LogP contribution in [0.1, 0.15) is 6.42 Å². The van der Waals surface area contributed by atoms with E-state index in [-0.39, 0.29) is 23.4 Å². The molecule has 0 aliphatic carbocycles. The van der Waals surface area contributed by atoms with E-state index in [1.165, 1.54) is 0 Å². The molecule has 106 valence electrons. The van der Waals surface area contributed by atoms with Crippen LogP contribution in [-0.2, 0) is 9.59 Å². The lowest BCUT2D eigenvalue weighted by atomic mass is 10.1. The normalized spacial score (nSPS) is 18.4. The van der Waals surface area contributed by atoms with Crippen LogP contribution < -0.4 is 11.1 Å². The van der Waals surface area contributed by atoms with Crippen LogP contribution in [0, 0.1) is 0 Å². The smallest absolute Gasteiger partial charge is 0.249 e. The maximum absolute atomic E-state index is 12.3. The van der Waals surface area contributed by atoms with E-state index in [0.29, 0.717) is 0 Å². The summed E-state index contributed by atoms with van der Waals surface area (Å²) in [7, 11) is 0. The SMILES string of the molecule is NC1=NC(=O)C[C@@H](C(=O)Nc2cccc3ccccc23)S1. The number of nitrogens with two attached hydrogens (primary N) is 1. The number of benzene rings is 2. The standard InChI is InChI=1S/C15H13N3O2S/c16-15-18-13(19)8-12(21-15)14(20)17-11-7-3-5-9-4-1-2-6-10(9)11/h1-7,12H,8H2,(H,17,20)(H2,16,18,19)/t12-/m0/s1. The number of hydrogen-bond acceptors (Lipinski definition) is 4. The Morgan fingerprint density at radius 1 is 1.24 bits per heavy atom. The van der Waals surface area contributed by atoms with Crippen molar-refractivity contribution in [2.45, 2.75) is 11.7 Å². The van der Waals surface area contributed by atoms with Gasteiger partial charge in [0.05, 0.1) is 6.42 Å². The van der Waals surface area contributed by atoms with Gasteiger partial charge >= 0.3 is 0 Å². The average Bonchev–Trinajstić information content (AvgIpc) is 2.46. The number of hydrogen-bond donors (Lipinski definition) is 2. The average molecular weight is 299 g/mol. The third kappa shape index (κ3) is 2.90. The molecule has 0 saturated heterocycles. The summed E-state index contributed by atoms with van der Waals surface area (Å²) in [5.74, 6) is -0.591. The van der Waals surface area contributed by atoms with Crippen molar-refractivity contribution in [1.82, 2.24) is 0 Å². The number of thioether (sulfide) groups is 1. The third-order valence-corrected chi connectivity index (χ3v) is 4.20. The van der Waals surface area contributed by atoms with Gasteiger partial charge in [0.25, 0.3) is 0 Å². The first-order valence-electron chi connectivity index (χ1n) is 6.46. The Bertz CT molecular complexity index is 752. The van der Waals surface area contributed by atoms with Crippen LogP contribution in [0.3, 0.4) is 0 Å². The molecule has 2 amide bonds. The van der Waals surface area contributed by atoms with Crippen LogP contribution in [0.5, 0.6) is 0 Å². The summed E-state index contributed by atoms with van der Waals surface area (Å²) in [6.07, 6.45) is 0.0714. The molecule has 0 unspecified atom stereocenters. The fraction of sp³-hybridized carbons (Fsp3) is 0.133. The molecule has 1 aliphatic heterocycles. The molecule has 3 rings (SSSR count). The Morgan fingerprint density at radius 2 is 2.00 bits per heavy atom. The Labute approximate surface area is 125 Å². The van der Waals surface area contributed by atoms with E-state index >= 15 is 0 Å². The molecule has 1 heterocycles. The van der Waals surface area contributed by atoms with Gasteiger partial charge in [-0.15, -0.1) is 0 Å². The highest BCUT2D eigenvalue weighted by Crippen LogP contribution is 2.26. The fourth-order valence-corrected chi connectivity index (χ4v) is 3.07. The number of amides is 2. The van der Waals surface area contributed by atoms with Gasteiger partial charge in [0, 0.05) is 11.1 Å². The number of nitrogens with one attached hydrogen (secondary N) is 1. The minimum absolute atomic E-state index is 0.0714. The van der Waals surface area contributed by atoms with Crippen molar-refractivity contribution in [3.8, 4) is 0 Å². The topological polar surface area (TPSA) is 84.5 Å². The van der Waals surface area contributed by atoms with Crippen LogP contribution in [0.4, 0.5) is 5.69 Å². The van der Waals surface area contributed by atoms with Crippen molar-refractivity contribution in [2.75, 3.05) is 5.32 Å². The summed E-state index contributed by atoms with van der Waals surface area (Å²) >= 11 is 1.12. The van der Waals surface area contributed by atoms with Crippen molar-refractivity contribution in [2.24, 2.45) is 10.7 Å². The predicted molar refractivity (Wildman–Crippen MR) is 85.2 cm³/mol. The summed E-state index contributed by atoms with van der Waals surface area (Å²) in [4.78, 5) is 27.3. The highest BCUT2D eigenvalue weighted by atomic mass is 32.2. The number of fused-ring (bicyclic) bond motifs is 1. The zero-order valence-electron chi connectivity index (χ0n) is 11.1. The summed E-state index contributed by atoms with van der Waals surface area (Å²) in [5.41, 5.74) is 6.28. The highest BCUT2D eigenvalue weighted by Gasteiger charge is 2.28. The number of aliphatic imine (C=N–C) groups is 1. The molecule has 3 N–H and O–H groups in total. The highest BCUT2D eigenvalue weighted by molar-refractivity contribution is 8.15. The van der Waals surface area contributed by atoms with Gasteiger partial charge in [-0.05, 0) is 11.5 Å². The monoisotopic (exact) mass is 299 g/mol. The number of amidine groups is 1. The van der Waals surface area contributed by atoms with Crippen LogP contribution in [0.25, 0.3) is 10.8 Å². The van der Waals surface area contributed by atoms with E-state index in [1.54, 1.807) is 0 Å². The molecule has 2 aromatic carbocycles. The molecule has 21 heavy (non-hydrogen) atoms. The minimum Gasteiger partial charge on any atom is -0.378 e. The number of anilines is 1. The van der Waals surface area contributed by atoms with Gasteiger partial charge in [0.2, 0.25) is 11.8 Å². The van der Waals surface area contributed by atoms with Crippen molar-refractivity contribution in [1.29, 1.82) is 0 Å². The molecule has 0 radical (unpaired) electrons. The van der Waals surface area contributed by atoms with E-state index in [0.717, 1.165) is 28.2 Å². The largest absolute Gasteiger partial charge is 0.378 e. The van der Waals surface area contributed by atoms with Crippen LogP contribution in [-0.4, -0.2) is 22.2 Å². The molecule has 0 aromatic heterocycles. The number of carbonyl (C=O) groups is 2. The zero-order chi connectivity index (χ0) is 14.8. The van der Waals surface area contributed by atoms with Gasteiger partial charge in [0.1, 0.15) is 5.25 Å². The van der Waals surface area contributed by atoms with Crippen LogP contribution >= 0.6 is 11.8 Å². The summed E-state index contributed by atoms with van der Waals surface area (Å²) in [6.45, 7) is 0. The van der Waals surface area contributed by atoms with Gasteiger partial charge in [0.15, 0.2) is 5.17 Å². The number of rotatable bonds is 2. The first-order valence-corrected chi connectivity index (χ1v) is 7.34. The lowest BCUT2D eigenvalue weighted by molar-refractivity contribution is -0.121. The molecule has 2 aromatic rings. The van der Waals surface area contributed by atoms with E-state index < -0.39 is 5.25 Å². The molecule has 0 bridgehead atoms. The van der Waals surface area contributed by atoms with Gasteiger partial charge in [-0.1, -0.05) is 48.2 Å². The van der Waals surface area contributed by atoms with Crippen LogP contribution in [0.15, 0.2) is 47.5 Å². The van der Waals surface area contributed by atoms with Gasteiger partial charge in [-0.25, -0.2) is 0 Å². The van der Waals surface area contributed by atoms with E-state index in [9.17, 15) is 9.59 Å². The maximum atomic E-state index is 12.3. The van der Waals surface area contributed by atoms with Gasteiger partial charge < -0.3 is 11.1 Å². The number of nitrogens with zero attached hydrogens (tertiary/aromatic N) is 1. The molecule has 5 nitrogen and oxygen atoms in total. The summed E-state index contributed by atoms with van der Waals surface area (Å²) in [6, 6.07) is 13.5. The third-order valence-electron chi connectivity index (χ3n) is 3.20. The fourth-order valence-electron chi connectivity index (χ4n) is 2.23. The van der Waals surface area contributed by atoms with Gasteiger partial charge in [-0.2, -0.15) is 4.99 Å². The molecular formula is C15H13N3O2S. The Morgan fingerprint density at radius 3 is 2.81 bits per heavy atom. The van der Waals surface area contributed by atoms with E-state index in [4.69, 9.17) is 5.73 Å². The second-order valence-electron chi connectivity index (χ2n) is 4.67. The van der Waals surface area contributed by atoms with E-state index in [2.05, 4.69) is 10.3 Å². The molecule has 1 atom stereocenters. The Balaban J connectivity index is 1.84. The molecule has 0 spiro atoms. The lowest BCUT2D eigenvalue weighted by Crippen LogP contribution is -2.33. The molecule has 0 saturated carbocycles. The quantitative estimate of drug-likeness (QED) is 0.889. The second kappa shape index (κ2) is 5.57. The Kier molecular flexibility index (Phi) is 3.62. The predicted octanol–water partition coefficient (Wildman–Crippen LogP) is 2.13. The molecular weight excluding hydrogens is 286 g/mol. The van der Waals surface area contributed by atoms with Crippen LogP contribution in [0.2, 0.25) is 0 Å². The molecule has 6 heteroatoms. The number of carbonyl (C=O) groups excluding carboxylic acids is 2. The Hall–Kier alpha value is -2.34. The first-order chi connectivity index (χ1) is 10.1. The first kappa shape index (κ1) is 13.6. The van der Waals surface area contributed by atoms with Crippen molar-refractivity contribution in [3.05, 3.63) is 42.5 Å². The molecule has 0 fully saturated rings. The maximum Gasteiger partial charge on any atom is 0.249 e. The lowest BCUT2D eigenvalue weighted by Gasteiger charge is -2.18. The van der Waals surface area contributed by atoms with Crippen molar-refractivity contribution in [3.63, 3.8) is 0 Å².